The van der Waals surface area contributed by atoms with Crippen molar-refractivity contribution in [1.82, 2.24) is 19.9 Å². The van der Waals surface area contributed by atoms with Crippen LogP contribution in [0, 0.1) is 0 Å². The van der Waals surface area contributed by atoms with Crippen LogP contribution >= 0.6 is 0 Å². The van der Waals surface area contributed by atoms with E-state index >= 15 is 0 Å². The molecule has 0 fully saturated rings. The van der Waals surface area contributed by atoms with E-state index in [9.17, 15) is 0 Å². The summed E-state index contributed by atoms with van der Waals surface area (Å²) in [5.41, 5.74) is 9.04. The smallest absolute Gasteiger partial charge is 0.162 e. The number of benzene rings is 4. The van der Waals surface area contributed by atoms with Gasteiger partial charge in [-0.25, -0.2) is 9.97 Å². The van der Waals surface area contributed by atoms with Gasteiger partial charge >= 0.3 is 0 Å². The number of anilines is 2. The summed E-state index contributed by atoms with van der Waals surface area (Å²) in [7, 11) is 0. The molecule has 0 aliphatic carbocycles. The number of hydrogen-bond acceptors (Lipinski definition) is 8. The Kier molecular flexibility index (Phi) is 9.34. The summed E-state index contributed by atoms with van der Waals surface area (Å²) in [5.74, 6) is 2.40. The van der Waals surface area contributed by atoms with Crippen LogP contribution in [0.4, 0.5) is 11.4 Å². The number of amidine groups is 2. The second-order valence-corrected chi connectivity index (χ2v) is 17.8. The summed E-state index contributed by atoms with van der Waals surface area (Å²) in [4.78, 5) is 35.4. The van der Waals surface area contributed by atoms with Crippen molar-refractivity contribution in [3.63, 3.8) is 0 Å². The summed E-state index contributed by atoms with van der Waals surface area (Å²) in [6.07, 6.45) is 7.58. The first kappa shape index (κ1) is 38.7. The average molecular weight is 787 g/mol. The topological polar surface area (TPSA) is 82.8 Å². The van der Waals surface area contributed by atoms with Crippen LogP contribution in [0.2, 0.25) is 0 Å². The Bertz CT molecular complexity index is 2610. The molecular weight excluding hydrogens is 737 g/mol. The minimum atomic E-state index is -0.369. The lowest BCUT2D eigenvalue weighted by molar-refractivity contribution is 0.338. The molecule has 8 heteroatoms. The molecule has 0 atom stereocenters. The first-order chi connectivity index (χ1) is 28.7. The number of pyridine rings is 2. The third-order valence-corrected chi connectivity index (χ3v) is 12.9. The van der Waals surface area contributed by atoms with Crippen molar-refractivity contribution in [2.45, 2.75) is 77.5 Å². The number of hydrogen-bond donors (Lipinski definition) is 0. The van der Waals surface area contributed by atoms with Crippen molar-refractivity contribution in [1.29, 1.82) is 0 Å². The highest BCUT2D eigenvalue weighted by Crippen LogP contribution is 2.44. The molecule has 0 radical (unpaired) electrons. The van der Waals surface area contributed by atoms with Crippen LogP contribution in [0.5, 0.6) is 0 Å². The van der Waals surface area contributed by atoms with Crippen molar-refractivity contribution in [3.8, 4) is 45.0 Å². The van der Waals surface area contributed by atoms with Crippen LogP contribution < -0.4 is 9.80 Å². The van der Waals surface area contributed by atoms with Gasteiger partial charge in [-0.3, -0.25) is 20.0 Å². The molecule has 5 heterocycles. The Balaban J connectivity index is 1.18. The fourth-order valence-electron chi connectivity index (χ4n) is 8.13. The van der Waals surface area contributed by atoms with E-state index in [0.29, 0.717) is 5.82 Å². The Hall–Kier alpha value is -6.80. The van der Waals surface area contributed by atoms with E-state index in [0.717, 1.165) is 73.4 Å². The average Bonchev–Trinajstić information content (AvgIpc) is 3.59. The standard InChI is InChI=1S/C52H50N8/c1-49(2)51(5,6)59(47(57-49)38-20-14-10-15-21-38)42-28-40(31-53-33-42)45-30-44(37-26-24-36(25-27-37)35-18-12-9-13-19-35)55-46(56-45)41-29-43(34-54-32-41)60-48(39-22-16-11-17-23-39)58-50(3,4)52(60,7)8/h9-34H,1-8H3. The first-order valence-electron chi connectivity index (χ1n) is 20.6. The van der Waals surface area contributed by atoms with Gasteiger partial charge in [0.1, 0.15) is 11.7 Å². The van der Waals surface area contributed by atoms with Gasteiger partial charge in [0, 0.05) is 40.2 Å². The van der Waals surface area contributed by atoms with E-state index in [2.05, 4.69) is 180 Å². The largest absolute Gasteiger partial charge is 0.317 e. The van der Waals surface area contributed by atoms with Crippen LogP contribution in [0.25, 0.3) is 45.0 Å². The summed E-state index contributed by atoms with van der Waals surface area (Å²) < 4.78 is 0. The molecule has 2 aliphatic rings. The third-order valence-electron chi connectivity index (χ3n) is 12.9. The van der Waals surface area contributed by atoms with E-state index in [1.807, 2.05) is 43.0 Å². The zero-order valence-corrected chi connectivity index (χ0v) is 35.6. The zero-order valence-electron chi connectivity index (χ0n) is 35.6. The molecule has 60 heavy (non-hydrogen) atoms. The van der Waals surface area contributed by atoms with Crippen LogP contribution in [-0.2, 0) is 0 Å². The van der Waals surface area contributed by atoms with Gasteiger partial charge in [0.2, 0.25) is 0 Å². The van der Waals surface area contributed by atoms with Crippen molar-refractivity contribution in [2.24, 2.45) is 9.98 Å². The molecule has 0 spiro atoms. The second kappa shape index (κ2) is 14.5. The maximum absolute atomic E-state index is 5.30. The van der Waals surface area contributed by atoms with E-state index < -0.39 is 0 Å². The van der Waals surface area contributed by atoms with Gasteiger partial charge in [-0.05, 0) is 84.7 Å². The van der Waals surface area contributed by atoms with Crippen LogP contribution in [0.1, 0.15) is 66.5 Å². The van der Waals surface area contributed by atoms with Crippen LogP contribution in [-0.4, -0.2) is 53.8 Å². The van der Waals surface area contributed by atoms with Crippen molar-refractivity contribution >= 4 is 23.0 Å². The predicted octanol–water partition coefficient (Wildman–Crippen LogP) is 11.6. The molecule has 0 saturated heterocycles. The lowest BCUT2D eigenvalue weighted by Crippen LogP contribution is -2.53. The highest BCUT2D eigenvalue weighted by molar-refractivity contribution is 6.14. The number of aromatic nitrogens is 4. The zero-order chi connectivity index (χ0) is 41.9. The maximum atomic E-state index is 5.30. The molecule has 9 rings (SSSR count). The quantitative estimate of drug-likeness (QED) is 0.153. The SMILES string of the molecule is CC1(C)N=C(c2ccccc2)N(c2cncc(-c3cc(-c4ccc(-c5ccccc5)cc4)nc(-c4cncc(N5C(c6ccccc6)=NC(C)(C)C5(C)C)c4)n3)c2)C1(C)C. The number of nitrogens with zero attached hydrogens (tertiary/aromatic N) is 8. The fraction of sp³-hybridized carbons (Fsp3) is 0.231. The van der Waals surface area contributed by atoms with Gasteiger partial charge in [-0.2, -0.15) is 0 Å². The predicted molar refractivity (Wildman–Crippen MR) is 247 cm³/mol. The van der Waals surface area contributed by atoms with E-state index in [-0.39, 0.29) is 22.2 Å². The van der Waals surface area contributed by atoms with Crippen LogP contribution in [0.15, 0.2) is 168 Å². The highest BCUT2D eigenvalue weighted by Gasteiger charge is 2.51. The van der Waals surface area contributed by atoms with Gasteiger partial charge in [0.15, 0.2) is 5.82 Å². The molecule has 8 nitrogen and oxygen atoms in total. The molecule has 2 aliphatic heterocycles. The Morgan fingerprint density at radius 2 is 0.750 bits per heavy atom. The Morgan fingerprint density at radius 1 is 0.367 bits per heavy atom. The van der Waals surface area contributed by atoms with E-state index in [1.54, 1.807) is 0 Å². The normalized spacial score (nSPS) is 17.3. The summed E-state index contributed by atoms with van der Waals surface area (Å²) in [6.45, 7) is 17.7. The highest BCUT2D eigenvalue weighted by atomic mass is 15.3. The lowest BCUT2D eigenvalue weighted by atomic mass is 9.83. The molecule has 4 aromatic carbocycles. The summed E-state index contributed by atoms with van der Waals surface area (Å²) >= 11 is 0. The lowest BCUT2D eigenvalue weighted by Gasteiger charge is -2.41. The summed E-state index contributed by atoms with van der Waals surface area (Å²) in [6, 6.07) is 46.2. The van der Waals surface area contributed by atoms with E-state index in [1.165, 1.54) is 0 Å². The monoisotopic (exact) mass is 786 g/mol. The van der Waals surface area contributed by atoms with Gasteiger partial charge in [-0.1, -0.05) is 115 Å². The molecule has 0 bridgehead atoms. The van der Waals surface area contributed by atoms with Gasteiger partial charge in [0.25, 0.3) is 0 Å². The fourth-order valence-corrected chi connectivity index (χ4v) is 8.13. The number of aliphatic imine (C=N–C) groups is 2. The molecule has 298 valence electrons. The van der Waals surface area contributed by atoms with Crippen molar-refractivity contribution in [3.05, 3.63) is 169 Å². The van der Waals surface area contributed by atoms with Crippen LogP contribution in [0.3, 0.4) is 0 Å². The molecule has 0 amide bonds. The maximum Gasteiger partial charge on any atom is 0.162 e. The van der Waals surface area contributed by atoms with Gasteiger partial charge in [0.05, 0.1) is 57.3 Å². The Labute approximate surface area is 353 Å². The van der Waals surface area contributed by atoms with Gasteiger partial charge in [-0.15, -0.1) is 0 Å². The number of rotatable bonds is 8. The molecule has 0 N–H and O–H groups in total. The van der Waals surface area contributed by atoms with Crippen molar-refractivity contribution < 1.29 is 0 Å². The molecule has 0 unspecified atom stereocenters. The molecular formula is C52H50N8. The molecule has 0 saturated carbocycles. The Morgan fingerprint density at radius 3 is 1.23 bits per heavy atom. The minimum Gasteiger partial charge on any atom is -0.317 e. The van der Waals surface area contributed by atoms with E-state index in [4.69, 9.17) is 29.9 Å². The molecule has 7 aromatic rings. The minimum absolute atomic E-state index is 0.354. The first-order valence-corrected chi connectivity index (χ1v) is 20.6. The summed E-state index contributed by atoms with van der Waals surface area (Å²) in [5, 5.41) is 0. The molecule has 3 aromatic heterocycles. The second-order valence-electron chi connectivity index (χ2n) is 17.8. The van der Waals surface area contributed by atoms with Gasteiger partial charge < -0.3 is 9.80 Å². The van der Waals surface area contributed by atoms with Crippen molar-refractivity contribution in [2.75, 3.05) is 9.80 Å². The third kappa shape index (κ3) is 6.66.